The minimum atomic E-state index is -0.549. The summed E-state index contributed by atoms with van der Waals surface area (Å²) >= 11 is 0. The van der Waals surface area contributed by atoms with Crippen LogP contribution in [0.15, 0.2) is 12.2 Å². The van der Waals surface area contributed by atoms with E-state index < -0.39 is 5.41 Å². The first-order valence-electron chi connectivity index (χ1n) is 3.79. The molecule has 0 saturated heterocycles. The van der Waals surface area contributed by atoms with Gasteiger partial charge in [0.15, 0.2) is 0 Å². The highest BCUT2D eigenvalue weighted by Crippen LogP contribution is 2.23. The third-order valence-corrected chi connectivity index (χ3v) is 1.68. The zero-order chi connectivity index (χ0) is 9.78. The molecule has 12 heavy (non-hydrogen) atoms. The van der Waals surface area contributed by atoms with Gasteiger partial charge in [-0.05, 0) is 12.0 Å². The number of allylic oxidation sites excluding steroid dienone is 1. The Morgan fingerprint density at radius 1 is 1.58 bits per heavy atom. The number of amides is 1. The monoisotopic (exact) mass is 169 g/mol. The average Bonchev–Trinajstić information content (AvgIpc) is 2.02. The van der Waals surface area contributed by atoms with Crippen LogP contribution in [0.2, 0.25) is 0 Å². The van der Waals surface area contributed by atoms with E-state index in [9.17, 15) is 9.59 Å². The largest absolute Gasteiger partial charge is 0.359 e. The van der Waals surface area contributed by atoms with Gasteiger partial charge in [-0.15, -0.1) is 0 Å². The maximum Gasteiger partial charge on any atom is 0.225 e. The van der Waals surface area contributed by atoms with Crippen molar-refractivity contribution in [3.63, 3.8) is 0 Å². The molecule has 0 rings (SSSR count). The van der Waals surface area contributed by atoms with Gasteiger partial charge in [0, 0.05) is 12.5 Å². The molecule has 0 atom stereocenters. The molecule has 0 bridgehead atoms. The number of nitrogens with one attached hydrogen (secondary N) is 1. The molecule has 0 aliphatic carbocycles. The van der Waals surface area contributed by atoms with Gasteiger partial charge in [0.25, 0.3) is 0 Å². The molecule has 0 aromatic heterocycles. The molecule has 3 heteroatoms. The van der Waals surface area contributed by atoms with Crippen molar-refractivity contribution in [3.8, 4) is 0 Å². The van der Waals surface area contributed by atoms with E-state index in [2.05, 4.69) is 11.9 Å². The Morgan fingerprint density at radius 2 is 2.08 bits per heavy atom. The minimum absolute atomic E-state index is 0.0782. The Balaban J connectivity index is 4.31. The third-order valence-electron chi connectivity index (χ3n) is 1.68. The molecule has 0 fully saturated rings. The second-order valence-corrected chi connectivity index (χ2v) is 3.42. The summed E-state index contributed by atoms with van der Waals surface area (Å²) < 4.78 is 0. The van der Waals surface area contributed by atoms with Crippen molar-refractivity contribution < 1.29 is 9.59 Å². The van der Waals surface area contributed by atoms with Gasteiger partial charge in [-0.2, -0.15) is 0 Å². The molecule has 0 aliphatic rings. The predicted molar refractivity (Wildman–Crippen MR) is 47.7 cm³/mol. The van der Waals surface area contributed by atoms with E-state index in [1.165, 1.54) is 0 Å². The van der Waals surface area contributed by atoms with Crippen LogP contribution in [0.25, 0.3) is 0 Å². The summed E-state index contributed by atoms with van der Waals surface area (Å²) in [6.07, 6.45) is 1.08. The predicted octanol–water partition coefficient (Wildman–Crippen LogP) is 0.904. The molecule has 0 aromatic rings. The maximum absolute atomic E-state index is 11.2. The molecule has 0 spiro atoms. The molecular formula is C9H15NO2. The van der Waals surface area contributed by atoms with Crippen LogP contribution in [-0.4, -0.2) is 19.2 Å². The van der Waals surface area contributed by atoms with Gasteiger partial charge in [0.05, 0.1) is 0 Å². The van der Waals surface area contributed by atoms with Crippen molar-refractivity contribution in [1.82, 2.24) is 5.32 Å². The first-order chi connectivity index (χ1) is 5.44. The molecule has 0 radical (unpaired) electrons. The van der Waals surface area contributed by atoms with Crippen LogP contribution in [0.4, 0.5) is 0 Å². The highest BCUT2D eigenvalue weighted by atomic mass is 16.2. The Labute approximate surface area is 72.8 Å². The quantitative estimate of drug-likeness (QED) is 0.502. The Kier molecular flexibility index (Phi) is 3.67. The van der Waals surface area contributed by atoms with Crippen molar-refractivity contribution in [1.29, 1.82) is 0 Å². The smallest absolute Gasteiger partial charge is 0.225 e. The number of carbonyl (C=O) groups excluding carboxylic acids is 2. The third kappa shape index (κ3) is 2.86. The fourth-order valence-electron chi connectivity index (χ4n) is 1.03. The zero-order valence-electron chi connectivity index (χ0n) is 7.81. The maximum atomic E-state index is 11.2. The molecule has 0 aromatic carbocycles. The lowest BCUT2D eigenvalue weighted by molar-refractivity contribution is -0.128. The summed E-state index contributed by atoms with van der Waals surface area (Å²) in [5.74, 6) is -0.0782. The van der Waals surface area contributed by atoms with Crippen molar-refractivity contribution in [3.05, 3.63) is 12.2 Å². The molecular weight excluding hydrogens is 154 g/mol. The van der Waals surface area contributed by atoms with Gasteiger partial charge in [-0.3, -0.25) is 9.59 Å². The Morgan fingerprint density at radius 3 is 2.42 bits per heavy atom. The highest BCUT2D eigenvalue weighted by Gasteiger charge is 2.26. The van der Waals surface area contributed by atoms with Crippen LogP contribution in [-0.2, 0) is 9.59 Å². The summed E-state index contributed by atoms with van der Waals surface area (Å²) in [4.78, 5) is 21.5. The Hall–Kier alpha value is -1.12. The lowest BCUT2D eigenvalue weighted by Crippen LogP contribution is -2.34. The summed E-state index contributed by atoms with van der Waals surface area (Å²) in [6, 6.07) is 0. The van der Waals surface area contributed by atoms with Crippen molar-refractivity contribution in [2.75, 3.05) is 7.05 Å². The van der Waals surface area contributed by atoms with E-state index in [1.807, 2.05) is 0 Å². The van der Waals surface area contributed by atoms with Crippen molar-refractivity contribution in [2.45, 2.75) is 20.3 Å². The van der Waals surface area contributed by atoms with Gasteiger partial charge in [0.2, 0.25) is 5.91 Å². The highest BCUT2D eigenvalue weighted by molar-refractivity contribution is 5.83. The van der Waals surface area contributed by atoms with E-state index in [0.717, 1.165) is 0 Å². The van der Waals surface area contributed by atoms with Crippen LogP contribution in [0.5, 0.6) is 0 Å². The Bertz CT molecular complexity index is 207. The van der Waals surface area contributed by atoms with Gasteiger partial charge >= 0.3 is 0 Å². The SMILES string of the molecule is C=C(C=O)CC(C)(C)C(=O)NC. The van der Waals surface area contributed by atoms with Crippen LogP contribution < -0.4 is 5.32 Å². The topological polar surface area (TPSA) is 46.2 Å². The van der Waals surface area contributed by atoms with Crippen LogP contribution in [0.1, 0.15) is 20.3 Å². The number of carbonyl (C=O) groups is 2. The molecule has 0 aliphatic heterocycles. The fourth-order valence-corrected chi connectivity index (χ4v) is 1.03. The van der Waals surface area contributed by atoms with E-state index in [0.29, 0.717) is 18.3 Å². The standard InChI is InChI=1S/C9H15NO2/c1-7(6-11)5-9(2,3)8(12)10-4/h6H,1,5H2,2-4H3,(H,10,12). The molecule has 0 unspecified atom stereocenters. The van der Waals surface area contributed by atoms with E-state index >= 15 is 0 Å². The number of hydrogen-bond donors (Lipinski definition) is 1. The minimum Gasteiger partial charge on any atom is -0.359 e. The molecule has 1 N–H and O–H groups in total. The van der Waals surface area contributed by atoms with Crippen molar-refractivity contribution >= 4 is 12.2 Å². The van der Waals surface area contributed by atoms with Gasteiger partial charge < -0.3 is 5.32 Å². The zero-order valence-corrected chi connectivity index (χ0v) is 7.81. The summed E-state index contributed by atoms with van der Waals surface area (Å²) in [7, 11) is 1.58. The summed E-state index contributed by atoms with van der Waals surface area (Å²) in [6.45, 7) is 7.08. The van der Waals surface area contributed by atoms with Crippen LogP contribution >= 0.6 is 0 Å². The van der Waals surface area contributed by atoms with E-state index in [-0.39, 0.29) is 5.91 Å². The molecule has 3 nitrogen and oxygen atoms in total. The lowest BCUT2D eigenvalue weighted by atomic mass is 9.85. The second-order valence-electron chi connectivity index (χ2n) is 3.42. The summed E-state index contributed by atoms with van der Waals surface area (Å²) in [5, 5.41) is 2.54. The number of aldehydes is 1. The van der Waals surface area contributed by atoms with Crippen molar-refractivity contribution in [2.24, 2.45) is 5.41 Å². The van der Waals surface area contributed by atoms with Crippen LogP contribution in [0, 0.1) is 5.41 Å². The number of rotatable bonds is 4. The second kappa shape index (κ2) is 4.04. The van der Waals surface area contributed by atoms with Gasteiger partial charge in [-0.25, -0.2) is 0 Å². The molecule has 1 amide bonds. The molecule has 0 saturated carbocycles. The normalized spacial score (nSPS) is 10.6. The molecule has 0 heterocycles. The average molecular weight is 169 g/mol. The first-order valence-corrected chi connectivity index (χ1v) is 3.79. The summed E-state index contributed by atoms with van der Waals surface area (Å²) in [5.41, 5.74) is -0.101. The number of hydrogen-bond acceptors (Lipinski definition) is 2. The fraction of sp³-hybridized carbons (Fsp3) is 0.556. The molecule has 68 valence electrons. The van der Waals surface area contributed by atoms with Gasteiger partial charge in [0.1, 0.15) is 6.29 Å². The van der Waals surface area contributed by atoms with Gasteiger partial charge in [-0.1, -0.05) is 20.4 Å². The lowest BCUT2D eigenvalue weighted by Gasteiger charge is -2.21. The van der Waals surface area contributed by atoms with E-state index in [1.54, 1.807) is 20.9 Å². The van der Waals surface area contributed by atoms with E-state index in [4.69, 9.17) is 0 Å². The first kappa shape index (κ1) is 10.9. The van der Waals surface area contributed by atoms with Crippen LogP contribution in [0.3, 0.4) is 0 Å².